The summed E-state index contributed by atoms with van der Waals surface area (Å²) in [4.78, 5) is 0. The van der Waals surface area contributed by atoms with E-state index in [1.807, 2.05) is 0 Å². The molecule has 0 aromatic heterocycles. The number of hydrogen-bond acceptors (Lipinski definition) is 0. The molecule has 4 heteroatoms. The van der Waals surface area contributed by atoms with E-state index in [0.717, 1.165) is 0 Å². The summed E-state index contributed by atoms with van der Waals surface area (Å²) < 4.78 is 0. The summed E-state index contributed by atoms with van der Waals surface area (Å²) in [6.45, 7) is 0. The second-order valence-corrected chi connectivity index (χ2v) is 23.6. The van der Waals surface area contributed by atoms with Crippen molar-refractivity contribution in [1.82, 2.24) is 0 Å². The molecular weight excluding hydrogens is 385 g/mol. The van der Waals surface area contributed by atoms with Crippen LogP contribution in [0.4, 0.5) is 0 Å². The normalized spacial score (nSPS) is 2.50. The van der Waals surface area contributed by atoms with Gasteiger partial charge in [-0.1, -0.05) is 0 Å². The molecule has 0 rings (SSSR count). The van der Waals surface area contributed by atoms with Crippen molar-refractivity contribution < 1.29 is 29.6 Å². The van der Waals surface area contributed by atoms with Crippen molar-refractivity contribution >= 4 is 39.5 Å². The second-order valence-electron chi connectivity index (χ2n) is 0.101. The van der Waals surface area contributed by atoms with Gasteiger partial charge in [0.05, 0.1) is 0 Å². The summed E-state index contributed by atoms with van der Waals surface area (Å²) in [5.41, 5.74) is 0. The average Bonchev–Trinajstić information content (AvgIpc) is 0.918. The van der Waals surface area contributed by atoms with Gasteiger partial charge in [-0.25, -0.2) is 0 Å². The van der Waals surface area contributed by atoms with Gasteiger partial charge in [-0.15, -0.1) is 0 Å². The van der Waals surface area contributed by atoms with E-state index >= 15 is 0 Å². The molecule has 4 heavy (non-hydrogen) atoms. The maximum absolute atomic E-state index is 2.46. The van der Waals surface area contributed by atoms with Crippen LogP contribution in [0.1, 0.15) is 0 Å². The zero-order chi connectivity index (χ0) is 2.71. The van der Waals surface area contributed by atoms with Gasteiger partial charge in [-0.3, -0.25) is 0 Å². The summed E-state index contributed by atoms with van der Waals surface area (Å²) in [6, 6.07) is 0. The van der Waals surface area contributed by atoms with Gasteiger partial charge in [0.1, 0.15) is 0 Å². The fraction of sp³-hybridized carbons (Fsp3) is 0. The monoisotopic (exact) mass is 382 g/mol. The summed E-state index contributed by atoms with van der Waals surface area (Å²) in [5.74, 6) is 0. The van der Waals surface area contributed by atoms with Crippen LogP contribution in [0.5, 0.6) is 0 Å². The molecular formula is I2Zn2. The van der Waals surface area contributed by atoms with E-state index in [0.29, 0.717) is 0 Å². The van der Waals surface area contributed by atoms with Crippen molar-refractivity contribution in [1.29, 1.82) is 0 Å². The smallest absolute Gasteiger partial charge is 0 e. The van der Waals surface area contributed by atoms with Gasteiger partial charge in [0, 0.05) is 19.5 Å². The number of halogens is 2. The summed E-state index contributed by atoms with van der Waals surface area (Å²) in [7, 11) is 0.0650. The van der Waals surface area contributed by atoms with Gasteiger partial charge in [0.2, 0.25) is 0 Å². The van der Waals surface area contributed by atoms with E-state index in [1.54, 1.807) is 0 Å². The van der Waals surface area contributed by atoms with E-state index < -0.39 is 0 Å². The molecule has 0 unspecified atom stereocenters. The van der Waals surface area contributed by atoms with Gasteiger partial charge in [-0.2, -0.15) is 0 Å². The molecule has 0 aromatic carbocycles. The molecule has 0 amide bonds. The molecule has 0 aliphatic carbocycles. The van der Waals surface area contributed by atoms with Crippen molar-refractivity contribution in [2.75, 3.05) is 0 Å². The SMILES string of the molecule is [I][Zn][I].[Zn]. The fourth-order valence-corrected chi connectivity index (χ4v) is 0. The first-order valence-electron chi connectivity index (χ1n) is 0.535. The van der Waals surface area contributed by atoms with Gasteiger partial charge in [-0.05, 0) is 0 Å². The summed E-state index contributed by atoms with van der Waals surface area (Å²) >= 11 is 4.93. The molecule has 0 nitrogen and oxygen atoms in total. The van der Waals surface area contributed by atoms with Crippen molar-refractivity contribution in [3.05, 3.63) is 0 Å². The van der Waals surface area contributed by atoms with E-state index in [9.17, 15) is 0 Å². The Hall–Kier alpha value is 2.71. The quantitative estimate of drug-likeness (QED) is 0.441. The Kier molecular flexibility index (Phi) is 22.7. The molecule has 18 valence electrons. The molecule has 0 atom stereocenters. The minimum absolute atomic E-state index is 0. The maximum Gasteiger partial charge on any atom is 0 e. The fourth-order valence-electron chi connectivity index (χ4n) is 0. The topological polar surface area (TPSA) is 0 Å². The van der Waals surface area contributed by atoms with E-state index in [4.69, 9.17) is 0 Å². The van der Waals surface area contributed by atoms with Crippen LogP contribution in [0.15, 0.2) is 0 Å². The van der Waals surface area contributed by atoms with Crippen LogP contribution in [-0.2, 0) is 29.6 Å². The van der Waals surface area contributed by atoms with Crippen LogP contribution >= 0.6 is 39.5 Å². The average molecular weight is 385 g/mol. The van der Waals surface area contributed by atoms with Crippen LogP contribution < -0.4 is 0 Å². The van der Waals surface area contributed by atoms with Crippen molar-refractivity contribution in [3.63, 3.8) is 0 Å². The minimum Gasteiger partial charge on any atom is 0 e. The van der Waals surface area contributed by atoms with Gasteiger partial charge in [0.25, 0.3) is 0 Å². The first kappa shape index (κ1) is 9.86. The molecule has 0 fully saturated rings. The van der Waals surface area contributed by atoms with E-state index in [2.05, 4.69) is 39.5 Å². The molecule has 0 bridgehead atoms. The molecule has 0 saturated carbocycles. The predicted octanol–water partition coefficient (Wildman–Crippen LogP) is 1.77. The van der Waals surface area contributed by atoms with Crippen LogP contribution in [0.3, 0.4) is 0 Å². The predicted molar refractivity (Wildman–Crippen MR) is 28.0 cm³/mol. The summed E-state index contributed by atoms with van der Waals surface area (Å²) in [6.07, 6.45) is 0. The third kappa shape index (κ3) is 8.83. The van der Waals surface area contributed by atoms with Crippen molar-refractivity contribution in [2.24, 2.45) is 0 Å². The number of hydrogen-bond donors (Lipinski definition) is 0. The first-order valence-corrected chi connectivity index (χ1v) is 18.6. The third-order valence-corrected chi connectivity index (χ3v) is 0. The van der Waals surface area contributed by atoms with Crippen LogP contribution in [0, 0.1) is 0 Å². The Morgan fingerprint density at radius 1 is 1.25 bits per heavy atom. The molecule has 0 heterocycles. The minimum atomic E-state index is 0. The largest absolute Gasteiger partial charge is 0 e. The van der Waals surface area contributed by atoms with Gasteiger partial charge >= 0.3 is 49.6 Å². The Morgan fingerprint density at radius 2 is 1.25 bits per heavy atom. The zero-order valence-electron chi connectivity index (χ0n) is 2.17. The van der Waals surface area contributed by atoms with Crippen molar-refractivity contribution in [2.45, 2.75) is 0 Å². The Bertz CT molecular complexity index is 4.00. The van der Waals surface area contributed by atoms with E-state index in [1.165, 1.54) is 0 Å². The van der Waals surface area contributed by atoms with Crippen LogP contribution in [0.25, 0.3) is 0 Å². The van der Waals surface area contributed by atoms with Gasteiger partial charge < -0.3 is 0 Å². The van der Waals surface area contributed by atoms with Crippen LogP contribution in [0.2, 0.25) is 0 Å². The summed E-state index contributed by atoms with van der Waals surface area (Å²) in [5, 5.41) is 0. The van der Waals surface area contributed by atoms with Crippen molar-refractivity contribution in [3.8, 4) is 0 Å². The van der Waals surface area contributed by atoms with Crippen LogP contribution in [-0.4, -0.2) is 0 Å². The molecule has 0 saturated heterocycles. The third-order valence-electron chi connectivity index (χ3n) is 0. The first-order chi connectivity index (χ1) is 1.41. The molecule has 0 aliphatic heterocycles. The Balaban J connectivity index is 0. The molecule has 0 aliphatic rings. The molecule has 0 spiro atoms. The maximum atomic E-state index is 2.46. The molecule has 0 radical (unpaired) electrons. The second kappa shape index (κ2) is 9.20. The van der Waals surface area contributed by atoms with Gasteiger partial charge in [0.15, 0.2) is 0 Å². The standard InChI is InChI=1S/2HI.2Zn/h2*1H;;/q;;;+2/p-2. The molecule has 0 N–H and O–H groups in total. The number of rotatable bonds is 0. The zero-order valence-corrected chi connectivity index (χ0v) is 12.4. The molecule has 0 aromatic rings. The Morgan fingerprint density at radius 3 is 1.25 bits per heavy atom. The Labute approximate surface area is 67.6 Å². The van der Waals surface area contributed by atoms with E-state index in [-0.39, 0.29) is 29.6 Å².